The minimum atomic E-state index is -2.88. The molecule has 1 aliphatic rings. The van der Waals surface area contributed by atoms with E-state index in [9.17, 15) is 8.42 Å². The van der Waals surface area contributed by atoms with Crippen LogP contribution in [0.3, 0.4) is 0 Å². The molecule has 0 radical (unpaired) electrons. The normalized spacial score (nSPS) is 15.5. The van der Waals surface area contributed by atoms with Crippen LogP contribution in [0, 0.1) is 11.8 Å². The van der Waals surface area contributed by atoms with Crippen LogP contribution in [0.1, 0.15) is 16.3 Å². The zero-order valence-corrected chi connectivity index (χ0v) is 21.6. The molecule has 0 bridgehead atoms. The summed E-state index contributed by atoms with van der Waals surface area (Å²) in [6, 6.07) is 18.3. The molecule has 2 N–H and O–H groups in total. The third-order valence-electron chi connectivity index (χ3n) is 6.27. The lowest BCUT2D eigenvalue weighted by Gasteiger charge is -2.24. The van der Waals surface area contributed by atoms with E-state index in [1.54, 1.807) is 17.7 Å². The number of hydrogen-bond donors (Lipinski definition) is 2. The smallest absolute Gasteiger partial charge is 0.152 e. The van der Waals surface area contributed by atoms with E-state index < -0.39 is 9.84 Å². The largest absolute Gasteiger partial charge is 0.342 e. The highest BCUT2D eigenvalue weighted by molar-refractivity contribution is 7.91. The first-order chi connectivity index (χ1) is 18.0. The summed E-state index contributed by atoms with van der Waals surface area (Å²) in [5.74, 6) is 8.46. The van der Waals surface area contributed by atoms with E-state index in [1.165, 1.54) is 5.56 Å². The van der Waals surface area contributed by atoms with Gasteiger partial charge < -0.3 is 10.3 Å². The van der Waals surface area contributed by atoms with Crippen molar-refractivity contribution in [1.29, 1.82) is 0 Å². The maximum absolute atomic E-state index is 11.6. The third kappa shape index (κ3) is 5.49. The first-order valence-corrected chi connectivity index (χ1v) is 14.6. The summed E-state index contributed by atoms with van der Waals surface area (Å²) in [5, 5.41) is 3.43. The molecule has 2 aromatic carbocycles. The lowest BCUT2D eigenvalue weighted by molar-refractivity contribution is 0.332. The molecule has 1 saturated heterocycles. The highest BCUT2D eigenvalue weighted by Crippen LogP contribution is 2.31. The van der Waals surface area contributed by atoms with Crippen molar-refractivity contribution in [3.05, 3.63) is 77.2 Å². The molecule has 0 amide bonds. The van der Waals surface area contributed by atoms with Crippen LogP contribution in [-0.2, 0) is 16.3 Å². The Labute approximate surface area is 218 Å². The lowest BCUT2D eigenvalue weighted by atomic mass is 10.1. The first kappa shape index (κ1) is 23.6. The minimum absolute atomic E-state index is 0.209. The second-order valence-electron chi connectivity index (χ2n) is 8.98. The molecular weight excluding hydrogens is 504 g/mol. The Morgan fingerprint density at radius 1 is 1.03 bits per heavy atom. The van der Waals surface area contributed by atoms with E-state index in [-0.39, 0.29) is 11.5 Å². The topological polar surface area (TPSA) is 104 Å². The van der Waals surface area contributed by atoms with Gasteiger partial charge >= 0.3 is 0 Å². The van der Waals surface area contributed by atoms with E-state index in [0.717, 1.165) is 49.9 Å². The molecule has 10 heteroatoms. The van der Waals surface area contributed by atoms with E-state index in [1.807, 2.05) is 42.5 Å². The summed E-state index contributed by atoms with van der Waals surface area (Å²) >= 11 is 1.54. The average Bonchev–Trinajstić information content (AvgIpc) is 3.49. The molecule has 3 aromatic heterocycles. The summed E-state index contributed by atoms with van der Waals surface area (Å²) in [5.41, 5.74) is 4.84. The summed E-state index contributed by atoms with van der Waals surface area (Å²) in [7, 11) is -2.88. The Bertz CT molecular complexity index is 1740. The highest BCUT2D eigenvalue weighted by Gasteiger charge is 2.20. The molecule has 8 nitrogen and oxygen atoms in total. The SMILES string of the molecule is O=S1(=O)CCN(CC#Cc2cc3ncnc(Nc4ccc5nc(Cc6ccccc6)[nH]c5c4)c3s2)CC1. The van der Waals surface area contributed by atoms with Gasteiger partial charge in [0, 0.05) is 25.2 Å². The zero-order chi connectivity index (χ0) is 25.2. The molecule has 1 aliphatic heterocycles. The summed E-state index contributed by atoms with van der Waals surface area (Å²) < 4.78 is 24.1. The monoisotopic (exact) mass is 528 g/mol. The predicted octanol–water partition coefficient (Wildman–Crippen LogP) is 3.98. The van der Waals surface area contributed by atoms with Gasteiger partial charge in [0.1, 0.15) is 12.2 Å². The van der Waals surface area contributed by atoms with Crippen LogP contribution in [0.2, 0.25) is 0 Å². The molecule has 6 rings (SSSR count). The van der Waals surface area contributed by atoms with Gasteiger partial charge in [-0.3, -0.25) is 4.90 Å². The molecule has 0 spiro atoms. The van der Waals surface area contributed by atoms with Crippen molar-refractivity contribution < 1.29 is 8.42 Å². The maximum atomic E-state index is 11.6. The highest BCUT2D eigenvalue weighted by atomic mass is 32.2. The summed E-state index contributed by atoms with van der Waals surface area (Å²) in [6.45, 7) is 1.63. The number of imidazole rings is 1. The van der Waals surface area contributed by atoms with Crippen molar-refractivity contribution in [3.8, 4) is 11.8 Å². The van der Waals surface area contributed by atoms with Crippen LogP contribution in [-0.4, -0.2) is 64.4 Å². The summed E-state index contributed by atoms with van der Waals surface area (Å²) in [4.78, 5) is 20.0. The molecule has 1 fully saturated rings. The van der Waals surface area contributed by atoms with Crippen molar-refractivity contribution in [2.45, 2.75) is 6.42 Å². The molecule has 37 heavy (non-hydrogen) atoms. The van der Waals surface area contributed by atoms with Crippen LogP contribution < -0.4 is 5.32 Å². The number of hydrogen-bond acceptors (Lipinski definition) is 8. The van der Waals surface area contributed by atoms with Gasteiger partial charge in [-0.2, -0.15) is 0 Å². The minimum Gasteiger partial charge on any atom is -0.342 e. The number of thiophene rings is 1. The number of sulfone groups is 1. The van der Waals surface area contributed by atoms with Gasteiger partial charge in [-0.15, -0.1) is 11.3 Å². The molecule has 0 atom stereocenters. The Kier molecular flexibility index (Phi) is 6.34. The molecular formula is C27H24N6O2S2. The van der Waals surface area contributed by atoms with Crippen LogP contribution in [0.15, 0.2) is 60.9 Å². The van der Waals surface area contributed by atoms with Crippen molar-refractivity contribution in [1.82, 2.24) is 24.8 Å². The summed E-state index contributed by atoms with van der Waals surface area (Å²) in [6.07, 6.45) is 2.30. The molecule has 0 unspecified atom stereocenters. The molecule has 0 saturated carbocycles. The number of nitrogens with one attached hydrogen (secondary N) is 2. The van der Waals surface area contributed by atoms with Gasteiger partial charge in [-0.25, -0.2) is 23.4 Å². The fourth-order valence-electron chi connectivity index (χ4n) is 4.30. The Morgan fingerprint density at radius 2 is 1.86 bits per heavy atom. The first-order valence-electron chi connectivity index (χ1n) is 12.0. The Morgan fingerprint density at radius 3 is 2.70 bits per heavy atom. The second kappa shape index (κ2) is 9.94. The van der Waals surface area contributed by atoms with Crippen LogP contribution in [0.5, 0.6) is 0 Å². The number of benzene rings is 2. The third-order valence-corrected chi connectivity index (χ3v) is 8.93. The van der Waals surface area contributed by atoms with Gasteiger partial charge in [-0.1, -0.05) is 42.2 Å². The quantitative estimate of drug-likeness (QED) is 0.333. The van der Waals surface area contributed by atoms with Crippen molar-refractivity contribution in [2.24, 2.45) is 0 Å². The van der Waals surface area contributed by atoms with Gasteiger partial charge in [0.15, 0.2) is 15.7 Å². The van der Waals surface area contributed by atoms with Crippen molar-refractivity contribution in [3.63, 3.8) is 0 Å². The van der Waals surface area contributed by atoms with E-state index >= 15 is 0 Å². The van der Waals surface area contributed by atoms with Gasteiger partial charge in [0.05, 0.1) is 44.2 Å². The van der Waals surface area contributed by atoms with E-state index in [4.69, 9.17) is 4.98 Å². The van der Waals surface area contributed by atoms with Gasteiger partial charge in [0.25, 0.3) is 0 Å². The number of rotatable bonds is 5. The fraction of sp³-hybridized carbons (Fsp3) is 0.222. The lowest BCUT2D eigenvalue weighted by Crippen LogP contribution is -2.40. The zero-order valence-electron chi connectivity index (χ0n) is 19.9. The number of aromatic amines is 1. The molecule has 0 aliphatic carbocycles. The fourth-order valence-corrected chi connectivity index (χ4v) is 6.51. The predicted molar refractivity (Wildman–Crippen MR) is 148 cm³/mol. The second-order valence-corrected chi connectivity index (χ2v) is 12.3. The van der Waals surface area contributed by atoms with Gasteiger partial charge in [0.2, 0.25) is 0 Å². The van der Waals surface area contributed by atoms with Crippen molar-refractivity contribution >= 4 is 53.9 Å². The molecule has 5 aromatic rings. The van der Waals surface area contributed by atoms with Gasteiger partial charge in [-0.05, 0) is 29.8 Å². The molecule has 4 heterocycles. The van der Waals surface area contributed by atoms with E-state index in [2.05, 4.69) is 49.1 Å². The van der Waals surface area contributed by atoms with E-state index in [0.29, 0.717) is 19.6 Å². The Hall–Kier alpha value is -3.78. The number of nitrogens with zero attached hydrogens (tertiary/aromatic N) is 4. The maximum Gasteiger partial charge on any atom is 0.152 e. The number of fused-ring (bicyclic) bond motifs is 2. The number of anilines is 2. The van der Waals surface area contributed by atoms with Crippen LogP contribution >= 0.6 is 11.3 Å². The van der Waals surface area contributed by atoms with Crippen LogP contribution in [0.4, 0.5) is 11.5 Å². The number of H-pyrrole nitrogens is 1. The standard InChI is InChI=1S/C27H24N6O2S2/c34-37(35)13-11-33(12-14-37)10-4-7-21-17-24-26(36-21)27(29-18-28-24)30-20-8-9-22-23(16-20)32-25(31-22)15-19-5-2-1-3-6-19/h1-3,5-6,8-9,16-18H,10-15H2,(H,31,32)(H,28,29,30). The van der Waals surface area contributed by atoms with Crippen molar-refractivity contribution in [2.75, 3.05) is 36.5 Å². The number of aromatic nitrogens is 4. The van der Waals surface area contributed by atoms with Crippen LogP contribution in [0.25, 0.3) is 21.3 Å². The molecule has 186 valence electrons. The average molecular weight is 529 g/mol. The Balaban J connectivity index is 1.18.